The van der Waals surface area contributed by atoms with E-state index in [1.165, 1.54) is 17.8 Å². The van der Waals surface area contributed by atoms with Crippen molar-refractivity contribution in [3.8, 4) is 0 Å². The van der Waals surface area contributed by atoms with Crippen molar-refractivity contribution in [3.63, 3.8) is 0 Å². The lowest BCUT2D eigenvalue weighted by Crippen LogP contribution is -2.39. The fourth-order valence-corrected chi connectivity index (χ4v) is 4.42. The van der Waals surface area contributed by atoms with Gasteiger partial charge in [0.25, 0.3) is 5.91 Å². The lowest BCUT2D eigenvalue weighted by molar-refractivity contribution is 0.0701. The summed E-state index contributed by atoms with van der Waals surface area (Å²) in [5, 5.41) is 8.59. The van der Waals surface area contributed by atoms with Gasteiger partial charge in [0.1, 0.15) is 11.6 Å². The number of nitrogens with zero attached hydrogens (tertiary/aromatic N) is 4. The summed E-state index contributed by atoms with van der Waals surface area (Å²) in [5.74, 6) is 1.68. The first kappa shape index (κ1) is 19.6. The zero-order valence-corrected chi connectivity index (χ0v) is 17.3. The Bertz CT molecular complexity index is 1020. The van der Waals surface area contributed by atoms with Crippen LogP contribution < -0.4 is 0 Å². The Labute approximate surface area is 173 Å². The largest absolute Gasteiger partial charge is 0.329 e. The van der Waals surface area contributed by atoms with Gasteiger partial charge in [0.15, 0.2) is 5.82 Å². The summed E-state index contributed by atoms with van der Waals surface area (Å²) < 4.78 is 16.7. The van der Waals surface area contributed by atoms with Crippen LogP contribution in [-0.4, -0.2) is 32.1 Å². The highest BCUT2D eigenvalue weighted by Crippen LogP contribution is 2.33. The molecule has 0 saturated carbocycles. The van der Waals surface area contributed by atoms with Crippen molar-refractivity contribution >= 4 is 17.7 Å². The third kappa shape index (κ3) is 4.19. The van der Waals surface area contributed by atoms with Gasteiger partial charge in [-0.1, -0.05) is 49.9 Å². The van der Waals surface area contributed by atoms with Gasteiger partial charge in [-0.05, 0) is 30.2 Å². The molecule has 7 heteroatoms. The number of fused-ring (bicyclic) bond motifs is 1. The van der Waals surface area contributed by atoms with E-state index in [1.807, 2.05) is 30.3 Å². The minimum absolute atomic E-state index is 0.178. The van der Waals surface area contributed by atoms with Crippen LogP contribution in [0.25, 0.3) is 0 Å². The highest BCUT2D eigenvalue weighted by Gasteiger charge is 2.27. The molecule has 2 aromatic carbocycles. The molecule has 3 aromatic rings. The summed E-state index contributed by atoms with van der Waals surface area (Å²) in [6, 6.07) is 14.2. The van der Waals surface area contributed by atoms with Gasteiger partial charge in [0.2, 0.25) is 0 Å². The number of rotatable bonds is 5. The first-order valence-electron chi connectivity index (χ1n) is 9.74. The van der Waals surface area contributed by atoms with E-state index >= 15 is 0 Å². The second-order valence-electron chi connectivity index (χ2n) is 7.54. The van der Waals surface area contributed by atoms with Gasteiger partial charge >= 0.3 is 0 Å². The average molecular weight is 411 g/mol. The van der Waals surface area contributed by atoms with Crippen LogP contribution in [0.15, 0.2) is 58.3 Å². The van der Waals surface area contributed by atoms with E-state index in [-0.39, 0.29) is 11.7 Å². The Morgan fingerprint density at radius 1 is 1.10 bits per heavy atom. The summed E-state index contributed by atoms with van der Waals surface area (Å²) in [6.07, 6.45) is 0.864. The van der Waals surface area contributed by atoms with Crippen molar-refractivity contribution < 1.29 is 9.18 Å². The molecule has 0 spiro atoms. The van der Waals surface area contributed by atoms with Crippen molar-refractivity contribution in [1.29, 1.82) is 0 Å². The fourth-order valence-electron chi connectivity index (χ4n) is 3.47. The van der Waals surface area contributed by atoms with E-state index in [0.717, 1.165) is 23.0 Å². The average Bonchev–Trinajstić information content (AvgIpc) is 3.11. The number of carbonyl (C=O) groups excluding carboxylic acids is 1. The van der Waals surface area contributed by atoms with Crippen LogP contribution in [0.3, 0.4) is 0 Å². The summed E-state index contributed by atoms with van der Waals surface area (Å²) in [7, 11) is 0. The Morgan fingerprint density at radius 2 is 1.90 bits per heavy atom. The third-order valence-corrected chi connectivity index (χ3v) is 6.00. The van der Waals surface area contributed by atoms with Gasteiger partial charge in [-0.3, -0.25) is 4.79 Å². The molecule has 0 fully saturated rings. The van der Waals surface area contributed by atoms with Crippen molar-refractivity contribution in [2.45, 2.75) is 43.1 Å². The molecule has 1 aliphatic heterocycles. The normalized spacial score (nSPS) is 13.6. The molecule has 0 N–H and O–H groups in total. The standard InChI is InChI=1S/C22H23FN4OS/c1-15(2)13-19-24-25-20-14-26(11-12-27(19)20)22(28)17-9-6-10-18(23)21(17)29-16-7-4-3-5-8-16/h3-10,15H,11-14H2,1-2H3. The molecular weight excluding hydrogens is 387 g/mol. The number of aromatic nitrogens is 3. The Hall–Kier alpha value is -2.67. The number of amides is 1. The molecular formula is C22H23FN4OS. The highest BCUT2D eigenvalue weighted by molar-refractivity contribution is 7.99. The van der Waals surface area contributed by atoms with Crippen LogP contribution in [0.2, 0.25) is 0 Å². The molecule has 0 unspecified atom stereocenters. The quantitative estimate of drug-likeness (QED) is 0.625. The maximum absolute atomic E-state index is 14.6. The number of benzene rings is 2. The van der Waals surface area contributed by atoms with Gasteiger partial charge in [-0.25, -0.2) is 4.39 Å². The van der Waals surface area contributed by atoms with E-state index < -0.39 is 0 Å². The predicted octanol–water partition coefficient (Wildman–Crippen LogP) is 4.42. The lowest BCUT2D eigenvalue weighted by Gasteiger charge is -2.28. The zero-order valence-electron chi connectivity index (χ0n) is 16.5. The Balaban J connectivity index is 1.58. The minimum atomic E-state index is -0.385. The van der Waals surface area contributed by atoms with Gasteiger partial charge in [0, 0.05) is 24.4 Å². The third-order valence-electron chi connectivity index (χ3n) is 4.87. The van der Waals surface area contributed by atoms with E-state index in [0.29, 0.717) is 36.0 Å². The van der Waals surface area contributed by atoms with Gasteiger partial charge < -0.3 is 9.47 Å². The number of halogens is 1. The molecule has 4 rings (SSSR count). The summed E-state index contributed by atoms with van der Waals surface area (Å²) in [5.41, 5.74) is 0.384. The molecule has 1 aliphatic rings. The number of hydrogen-bond donors (Lipinski definition) is 0. The molecule has 150 valence electrons. The SMILES string of the molecule is CC(C)Cc1nnc2n1CCN(C(=O)c1cccc(F)c1Sc1ccccc1)C2. The maximum Gasteiger partial charge on any atom is 0.255 e. The minimum Gasteiger partial charge on any atom is -0.329 e. The van der Waals surface area contributed by atoms with Crippen molar-refractivity contribution in [2.75, 3.05) is 6.54 Å². The van der Waals surface area contributed by atoms with Gasteiger partial charge in [-0.2, -0.15) is 0 Å². The molecule has 1 aromatic heterocycles. The molecule has 0 bridgehead atoms. The summed E-state index contributed by atoms with van der Waals surface area (Å²) in [4.78, 5) is 16.2. The van der Waals surface area contributed by atoms with Crippen LogP contribution in [0.1, 0.15) is 35.9 Å². The molecule has 0 radical (unpaired) electrons. The Morgan fingerprint density at radius 3 is 2.66 bits per heavy atom. The van der Waals surface area contributed by atoms with E-state index in [2.05, 4.69) is 28.6 Å². The van der Waals surface area contributed by atoms with Gasteiger partial charge in [-0.15, -0.1) is 10.2 Å². The maximum atomic E-state index is 14.6. The Kier molecular flexibility index (Phi) is 5.67. The summed E-state index contributed by atoms with van der Waals surface area (Å²) >= 11 is 1.27. The number of carbonyl (C=O) groups is 1. The topological polar surface area (TPSA) is 51.0 Å². The number of hydrogen-bond acceptors (Lipinski definition) is 4. The molecule has 5 nitrogen and oxygen atoms in total. The molecule has 0 aliphatic carbocycles. The smallest absolute Gasteiger partial charge is 0.255 e. The molecule has 29 heavy (non-hydrogen) atoms. The van der Waals surface area contributed by atoms with Crippen LogP contribution >= 0.6 is 11.8 Å². The first-order valence-corrected chi connectivity index (χ1v) is 10.6. The lowest BCUT2D eigenvalue weighted by atomic mass is 10.1. The van der Waals surface area contributed by atoms with Crippen LogP contribution in [0, 0.1) is 11.7 Å². The van der Waals surface area contributed by atoms with Crippen LogP contribution in [0.4, 0.5) is 4.39 Å². The van der Waals surface area contributed by atoms with Crippen LogP contribution in [0.5, 0.6) is 0 Å². The zero-order chi connectivity index (χ0) is 20.4. The van der Waals surface area contributed by atoms with Crippen LogP contribution in [-0.2, 0) is 19.5 Å². The van der Waals surface area contributed by atoms with Crippen molar-refractivity contribution in [2.24, 2.45) is 5.92 Å². The molecule has 1 amide bonds. The fraction of sp³-hybridized carbons (Fsp3) is 0.318. The first-order chi connectivity index (χ1) is 14.0. The predicted molar refractivity (Wildman–Crippen MR) is 110 cm³/mol. The summed E-state index contributed by atoms with van der Waals surface area (Å²) in [6.45, 7) is 5.90. The highest BCUT2D eigenvalue weighted by atomic mass is 32.2. The van der Waals surface area contributed by atoms with Gasteiger partial charge in [0.05, 0.1) is 17.0 Å². The molecule has 0 atom stereocenters. The second-order valence-corrected chi connectivity index (χ2v) is 8.62. The van der Waals surface area contributed by atoms with E-state index in [4.69, 9.17) is 0 Å². The second kappa shape index (κ2) is 8.37. The van der Waals surface area contributed by atoms with Crippen molar-refractivity contribution in [1.82, 2.24) is 19.7 Å². The van der Waals surface area contributed by atoms with E-state index in [9.17, 15) is 9.18 Å². The molecule has 0 saturated heterocycles. The monoisotopic (exact) mass is 410 g/mol. The molecule has 2 heterocycles. The van der Waals surface area contributed by atoms with Crippen molar-refractivity contribution in [3.05, 3.63) is 71.6 Å². The van der Waals surface area contributed by atoms with E-state index in [1.54, 1.807) is 17.0 Å².